The largest absolute Gasteiger partial charge is 0.508 e. The van der Waals surface area contributed by atoms with E-state index >= 15 is 0 Å². The maximum atomic E-state index is 9.80. The van der Waals surface area contributed by atoms with E-state index in [0.717, 1.165) is 25.9 Å². The van der Waals surface area contributed by atoms with Gasteiger partial charge in [-0.1, -0.05) is 12.1 Å². The van der Waals surface area contributed by atoms with E-state index in [4.69, 9.17) is 5.11 Å². The van der Waals surface area contributed by atoms with Crippen LogP contribution in [-0.4, -0.2) is 29.4 Å². The number of aliphatic hydroxyl groups excluding tert-OH is 1. The van der Waals surface area contributed by atoms with Gasteiger partial charge in [0.05, 0.1) is 6.10 Å². The molecule has 0 bridgehead atoms. The van der Waals surface area contributed by atoms with Crippen LogP contribution in [0.4, 0.5) is 0 Å². The number of phenols is 1. The average molecular weight is 207 g/mol. The first-order chi connectivity index (χ1) is 7.25. The maximum Gasteiger partial charge on any atom is 0.115 e. The molecule has 15 heavy (non-hydrogen) atoms. The molecule has 3 nitrogen and oxygen atoms in total. The Kier molecular flexibility index (Phi) is 3.23. The first-order valence-corrected chi connectivity index (χ1v) is 5.42. The number of rotatable bonds is 2. The van der Waals surface area contributed by atoms with Crippen molar-refractivity contribution in [3.05, 3.63) is 29.8 Å². The van der Waals surface area contributed by atoms with Crippen LogP contribution in [0.1, 0.15) is 12.0 Å². The fourth-order valence-electron chi connectivity index (χ4n) is 2.05. The summed E-state index contributed by atoms with van der Waals surface area (Å²) in [6.07, 6.45) is 1.51. The zero-order chi connectivity index (χ0) is 10.7. The van der Waals surface area contributed by atoms with Gasteiger partial charge in [0, 0.05) is 12.5 Å². The molecule has 0 spiro atoms. The number of hydrogen-bond acceptors (Lipinski definition) is 3. The van der Waals surface area contributed by atoms with E-state index in [1.165, 1.54) is 5.56 Å². The van der Waals surface area contributed by atoms with Crippen molar-refractivity contribution in [1.29, 1.82) is 0 Å². The van der Waals surface area contributed by atoms with Gasteiger partial charge in [-0.25, -0.2) is 0 Å². The Morgan fingerprint density at radius 3 is 2.67 bits per heavy atom. The number of aromatic hydroxyl groups is 1. The molecule has 3 N–H and O–H groups in total. The molecule has 1 aliphatic heterocycles. The molecule has 2 rings (SSSR count). The summed E-state index contributed by atoms with van der Waals surface area (Å²) in [6, 6.07) is 7.21. The molecular weight excluding hydrogens is 190 g/mol. The molecule has 2 unspecified atom stereocenters. The number of aliphatic hydroxyl groups is 1. The fraction of sp³-hybridized carbons (Fsp3) is 0.500. The van der Waals surface area contributed by atoms with Gasteiger partial charge in [0.1, 0.15) is 5.75 Å². The van der Waals surface area contributed by atoms with Crippen LogP contribution >= 0.6 is 0 Å². The number of piperidine rings is 1. The summed E-state index contributed by atoms with van der Waals surface area (Å²) in [4.78, 5) is 0. The van der Waals surface area contributed by atoms with Gasteiger partial charge in [0.2, 0.25) is 0 Å². The van der Waals surface area contributed by atoms with Gasteiger partial charge < -0.3 is 15.5 Å². The van der Waals surface area contributed by atoms with Crippen molar-refractivity contribution in [3.8, 4) is 5.75 Å². The molecule has 1 saturated heterocycles. The van der Waals surface area contributed by atoms with Crippen molar-refractivity contribution in [2.75, 3.05) is 13.1 Å². The first kappa shape index (κ1) is 10.5. The van der Waals surface area contributed by atoms with Gasteiger partial charge in [0.25, 0.3) is 0 Å². The lowest BCUT2D eigenvalue weighted by molar-refractivity contribution is 0.0791. The molecule has 1 aliphatic rings. The lowest BCUT2D eigenvalue weighted by Crippen LogP contribution is -2.40. The number of hydrogen-bond donors (Lipinski definition) is 3. The Balaban J connectivity index is 1.98. The second-order valence-electron chi connectivity index (χ2n) is 4.19. The van der Waals surface area contributed by atoms with Crippen LogP contribution in [0.5, 0.6) is 5.75 Å². The van der Waals surface area contributed by atoms with Gasteiger partial charge in [-0.2, -0.15) is 0 Å². The number of phenolic OH excluding ortho intramolecular Hbond substituents is 1. The van der Waals surface area contributed by atoms with E-state index in [1.54, 1.807) is 12.1 Å². The summed E-state index contributed by atoms with van der Waals surface area (Å²) in [5.41, 5.74) is 1.17. The molecule has 1 aromatic rings. The number of benzene rings is 1. The van der Waals surface area contributed by atoms with Crippen LogP contribution in [0.3, 0.4) is 0 Å². The van der Waals surface area contributed by atoms with Crippen LogP contribution in [0.2, 0.25) is 0 Å². The van der Waals surface area contributed by atoms with Crippen molar-refractivity contribution in [3.63, 3.8) is 0 Å². The Hall–Kier alpha value is -1.06. The molecule has 1 aromatic carbocycles. The van der Waals surface area contributed by atoms with E-state index < -0.39 is 0 Å². The Morgan fingerprint density at radius 1 is 1.27 bits per heavy atom. The van der Waals surface area contributed by atoms with E-state index in [1.807, 2.05) is 12.1 Å². The zero-order valence-corrected chi connectivity index (χ0v) is 8.69. The monoisotopic (exact) mass is 207 g/mol. The standard InChI is InChI=1S/C12H17NO2/c14-11-3-1-9(2-4-11)7-10-8-13-6-5-12(10)15/h1-4,10,12-15H,5-8H2. The molecule has 1 heterocycles. The Morgan fingerprint density at radius 2 is 2.00 bits per heavy atom. The van der Waals surface area contributed by atoms with Gasteiger partial charge in [-0.15, -0.1) is 0 Å². The fourth-order valence-corrected chi connectivity index (χ4v) is 2.05. The molecule has 0 saturated carbocycles. The summed E-state index contributed by atoms with van der Waals surface area (Å²) in [7, 11) is 0. The van der Waals surface area contributed by atoms with Crippen LogP contribution in [0.25, 0.3) is 0 Å². The molecule has 82 valence electrons. The topological polar surface area (TPSA) is 52.5 Å². The smallest absolute Gasteiger partial charge is 0.115 e. The van der Waals surface area contributed by atoms with Crippen LogP contribution in [-0.2, 0) is 6.42 Å². The van der Waals surface area contributed by atoms with E-state index in [2.05, 4.69) is 5.32 Å². The Labute approximate surface area is 89.8 Å². The van der Waals surface area contributed by atoms with E-state index in [9.17, 15) is 5.11 Å². The molecule has 0 aromatic heterocycles. The van der Waals surface area contributed by atoms with Crippen molar-refractivity contribution >= 4 is 0 Å². The highest BCUT2D eigenvalue weighted by Gasteiger charge is 2.22. The molecule has 3 heteroatoms. The van der Waals surface area contributed by atoms with Crippen molar-refractivity contribution < 1.29 is 10.2 Å². The lowest BCUT2D eigenvalue weighted by atomic mass is 9.90. The van der Waals surface area contributed by atoms with Crippen molar-refractivity contribution in [1.82, 2.24) is 5.32 Å². The third-order valence-electron chi connectivity index (χ3n) is 3.00. The lowest BCUT2D eigenvalue weighted by Gasteiger charge is -2.28. The van der Waals surface area contributed by atoms with Gasteiger partial charge in [-0.05, 0) is 37.1 Å². The van der Waals surface area contributed by atoms with Crippen LogP contribution in [0, 0.1) is 5.92 Å². The predicted molar refractivity (Wildman–Crippen MR) is 58.8 cm³/mol. The van der Waals surface area contributed by atoms with Gasteiger partial charge in [0.15, 0.2) is 0 Å². The third kappa shape index (κ3) is 2.70. The minimum atomic E-state index is -0.194. The zero-order valence-electron chi connectivity index (χ0n) is 8.69. The molecule has 0 amide bonds. The van der Waals surface area contributed by atoms with Crippen molar-refractivity contribution in [2.45, 2.75) is 18.9 Å². The minimum Gasteiger partial charge on any atom is -0.508 e. The normalized spacial score (nSPS) is 26.5. The van der Waals surface area contributed by atoms with E-state index in [-0.39, 0.29) is 6.10 Å². The predicted octanol–water partition coefficient (Wildman–Crippen LogP) is 0.905. The van der Waals surface area contributed by atoms with E-state index in [0.29, 0.717) is 11.7 Å². The summed E-state index contributed by atoms with van der Waals surface area (Å²) >= 11 is 0. The second-order valence-corrected chi connectivity index (χ2v) is 4.19. The summed E-state index contributed by atoms with van der Waals surface area (Å²) in [5, 5.41) is 22.2. The third-order valence-corrected chi connectivity index (χ3v) is 3.00. The second kappa shape index (κ2) is 4.64. The number of nitrogens with one attached hydrogen (secondary N) is 1. The summed E-state index contributed by atoms with van der Waals surface area (Å²) in [6.45, 7) is 1.79. The molecule has 1 fully saturated rings. The summed E-state index contributed by atoms with van der Waals surface area (Å²) < 4.78 is 0. The maximum absolute atomic E-state index is 9.80. The summed E-state index contributed by atoms with van der Waals surface area (Å²) in [5.74, 6) is 0.587. The van der Waals surface area contributed by atoms with Gasteiger partial charge in [-0.3, -0.25) is 0 Å². The van der Waals surface area contributed by atoms with Crippen LogP contribution in [0.15, 0.2) is 24.3 Å². The minimum absolute atomic E-state index is 0.194. The SMILES string of the molecule is Oc1ccc(CC2CNCCC2O)cc1. The highest BCUT2D eigenvalue weighted by molar-refractivity contribution is 5.26. The highest BCUT2D eigenvalue weighted by Crippen LogP contribution is 2.18. The molecule has 0 aliphatic carbocycles. The van der Waals surface area contributed by atoms with Crippen LogP contribution < -0.4 is 5.32 Å². The quantitative estimate of drug-likeness (QED) is 0.675. The van der Waals surface area contributed by atoms with Crippen molar-refractivity contribution in [2.24, 2.45) is 5.92 Å². The molecule has 2 atom stereocenters. The first-order valence-electron chi connectivity index (χ1n) is 5.42. The Bertz CT molecular complexity index is 310. The highest BCUT2D eigenvalue weighted by atomic mass is 16.3. The molecule has 0 radical (unpaired) electrons. The van der Waals surface area contributed by atoms with Gasteiger partial charge >= 0.3 is 0 Å². The molecular formula is C12H17NO2. The average Bonchev–Trinajstić information content (AvgIpc) is 2.25.